The Balaban J connectivity index is 1.57. The predicted octanol–water partition coefficient (Wildman–Crippen LogP) is 8.04. The summed E-state index contributed by atoms with van der Waals surface area (Å²) in [6.45, 7) is -0.500. The van der Waals surface area contributed by atoms with E-state index >= 15 is 0 Å². The molecule has 1 saturated carbocycles. The largest absolute Gasteiger partial charge is 0.352 e. The zero-order chi connectivity index (χ0) is 33.4. The van der Waals surface area contributed by atoms with E-state index < -0.39 is 28.5 Å². The number of hydrogen-bond acceptors (Lipinski definition) is 4. The molecule has 11 heteroatoms. The third-order valence-corrected chi connectivity index (χ3v) is 11.3. The number of anilines is 1. The molecule has 47 heavy (non-hydrogen) atoms. The SMILES string of the molecule is O=C(NC1CCCCC1)[C@@H](Cc1ccccc1)N(Cc1cccc(Br)c1)C(=O)CN(c1ccc(Cl)c(Cl)c1)S(=O)(=O)c1ccccc1. The van der Waals surface area contributed by atoms with Crippen molar-refractivity contribution in [1.29, 1.82) is 0 Å². The van der Waals surface area contributed by atoms with E-state index in [1.807, 2.05) is 54.6 Å². The highest BCUT2D eigenvalue weighted by Crippen LogP contribution is 2.31. The molecule has 1 aliphatic rings. The van der Waals surface area contributed by atoms with Crippen molar-refractivity contribution in [1.82, 2.24) is 10.2 Å². The number of carbonyl (C=O) groups is 2. The van der Waals surface area contributed by atoms with Crippen molar-refractivity contribution in [2.45, 2.75) is 62.0 Å². The lowest BCUT2D eigenvalue weighted by molar-refractivity contribution is -0.140. The molecule has 5 rings (SSSR count). The van der Waals surface area contributed by atoms with Gasteiger partial charge in [-0.3, -0.25) is 13.9 Å². The van der Waals surface area contributed by atoms with Crippen LogP contribution >= 0.6 is 39.1 Å². The molecule has 1 atom stereocenters. The first-order valence-corrected chi connectivity index (χ1v) is 18.5. The summed E-state index contributed by atoms with van der Waals surface area (Å²) in [6.07, 6.45) is 5.20. The lowest BCUT2D eigenvalue weighted by Crippen LogP contribution is -2.55. The minimum atomic E-state index is -4.24. The highest BCUT2D eigenvalue weighted by Gasteiger charge is 2.35. The van der Waals surface area contributed by atoms with Gasteiger partial charge in [0.2, 0.25) is 11.8 Å². The van der Waals surface area contributed by atoms with E-state index in [0.717, 1.165) is 52.0 Å². The van der Waals surface area contributed by atoms with Crippen LogP contribution in [0.5, 0.6) is 0 Å². The van der Waals surface area contributed by atoms with Crippen LogP contribution < -0.4 is 9.62 Å². The minimum Gasteiger partial charge on any atom is -0.352 e. The molecule has 1 aliphatic carbocycles. The minimum absolute atomic E-state index is 0.00768. The van der Waals surface area contributed by atoms with Gasteiger partial charge in [-0.2, -0.15) is 0 Å². The van der Waals surface area contributed by atoms with E-state index in [-0.39, 0.29) is 45.5 Å². The van der Waals surface area contributed by atoms with Crippen LogP contribution in [0.2, 0.25) is 10.0 Å². The number of rotatable bonds is 12. The summed E-state index contributed by atoms with van der Waals surface area (Å²) in [5.41, 5.74) is 1.83. The van der Waals surface area contributed by atoms with Crippen LogP contribution in [0.25, 0.3) is 0 Å². The Morgan fingerprint density at radius 2 is 1.47 bits per heavy atom. The lowest BCUT2D eigenvalue weighted by Gasteiger charge is -2.35. The van der Waals surface area contributed by atoms with Crippen molar-refractivity contribution in [2.75, 3.05) is 10.8 Å². The van der Waals surface area contributed by atoms with Gasteiger partial charge in [0.05, 0.1) is 20.6 Å². The summed E-state index contributed by atoms with van der Waals surface area (Å²) in [4.78, 5) is 30.3. The maximum Gasteiger partial charge on any atom is 0.264 e. The van der Waals surface area contributed by atoms with Crippen LogP contribution in [-0.4, -0.2) is 43.8 Å². The molecule has 0 unspecified atom stereocenters. The molecule has 1 fully saturated rings. The molecule has 0 bridgehead atoms. The average Bonchev–Trinajstić information content (AvgIpc) is 3.07. The Morgan fingerprint density at radius 3 is 2.13 bits per heavy atom. The van der Waals surface area contributed by atoms with Crippen molar-refractivity contribution in [3.05, 3.63) is 129 Å². The number of halogens is 3. The molecule has 4 aromatic rings. The number of nitrogens with one attached hydrogen (secondary N) is 1. The lowest BCUT2D eigenvalue weighted by atomic mass is 9.94. The summed E-state index contributed by atoms with van der Waals surface area (Å²) in [5, 5.41) is 3.61. The van der Waals surface area contributed by atoms with Crippen LogP contribution in [0.3, 0.4) is 0 Å². The average molecular weight is 758 g/mol. The highest BCUT2D eigenvalue weighted by molar-refractivity contribution is 9.10. The van der Waals surface area contributed by atoms with E-state index in [4.69, 9.17) is 23.2 Å². The van der Waals surface area contributed by atoms with Crippen LogP contribution in [0.4, 0.5) is 5.69 Å². The second-order valence-electron chi connectivity index (χ2n) is 11.6. The van der Waals surface area contributed by atoms with Gasteiger partial charge in [-0.05, 0) is 66.4 Å². The zero-order valence-electron chi connectivity index (χ0n) is 25.7. The normalized spacial score (nSPS) is 14.3. The van der Waals surface area contributed by atoms with Crippen molar-refractivity contribution < 1.29 is 18.0 Å². The monoisotopic (exact) mass is 755 g/mol. The molecule has 2 amide bonds. The van der Waals surface area contributed by atoms with E-state index in [1.54, 1.807) is 18.2 Å². The van der Waals surface area contributed by atoms with Crippen LogP contribution in [0, 0.1) is 0 Å². The Hall–Kier alpha value is -3.37. The first kappa shape index (κ1) is 35.0. The molecule has 0 aromatic heterocycles. The second kappa shape index (κ2) is 16.2. The quantitative estimate of drug-likeness (QED) is 0.159. The van der Waals surface area contributed by atoms with E-state index in [9.17, 15) is 18.0 Å². The number of hydrogen-bond donors (Lipinski definition) is 1. The van der Waals surface area contributed by atoms with Gasteiger partial charge in [0.1, 0.15) is 12.6 Å². The molecular formula is C36H36BrCl2N3O4S. The molecule has 7 nitrogen and oxygen atoms in total. The molecular weight excluding hydrogens is 721 g/mol. The molecule has 0 saturated heterocycles. The van der Waals surface area contributed by atoms with E-state index in [2.05, 4.69) is 21.2 Å². The summed E-state index contributed by atoms with van der Waals surface area (Å²) in [5.74, 6) is -0.814. The standard InChI is InChI=1S/C36H36BrCl2N3O4S/c37-28-14-10-13-27(21-28)24-41(34(22-26-11-4-1-5-12-26)36(44)40-29-15-6-2-7-16-29)35(43)25-42(30-19-20-32(38)33(39)23-30)47(45,46)31-17-8-3-9-18-31/h1,3-5,8-14,17-21,23,29,34H,2,6-7,15-16,22,24-25H2,(H,40,44)/t34-/m1/s1. The fourth-order valence-corrected chi connectivity index (χ4v) is 7.98. The molecule has 0 spiro atoms. The number of benzene rings is 4. The first-order chi connectivity index (χ1) is 22.6. The third-order valence-electron chi connectivity index (χ3n) is 8.27. The van der Waals surface area contributed by atoms with Gasteiger partial charge in [-0.25, -0.2) is 8.42 Å². The van der Waals surface area contributed by atoms with Gasteiger partial charge in [-0.15, -0.1) is 0 Å². The first-order valence-electron chi connectivity index (χ1n) is 15.5. The van der Waals surface area contributed by atoms with Crippen LogP contribution in [-0.2, 0) is 32.6 Å². The fourth-order valence-electron chi connectivity index (χ4n) is 5.82. The maximum atomic E-state index is 14.6. The number of sulfonamides is 1. The number of carbonyl (C=O) groups excluding carboxylic acids is 2. The van der Waals surface area contributed by atoms with E-state index in [0.29, 0.717) is 0 Å². The number of amides is 2. The van der Waals surface area contributed by atoms with Crippen molar-refractivity contribution in [3.63, 3.8) is 0 Å². The van der Waals surface area contributed by atoms with Gasteiger partial charge in [-0.1, -0.05) is 119 Å². The van der Waals surface area contributed by atoms with Crippen LogP contribution in [0.15, 0.2) is 112 Å². The van der Waals surface area contributed by atoms with Gasteiger partial charge >= 0.3 is 0 Å². The molecule has 0 heterocycles. The van der Waals surface area contributed by atoms with Crippen molar-refractivity contribution in [2.24, 2.45) is 0 Å². The van der Waals surface area contributed by atoms with Crippen LogP contribution in [0.1, 0.15) is 43.2 Å². The summed E-state index contributed by atoms with van der Waals surface area (Å²) in [6, 6.07) is 28.5. The smallest absolute Gasteiger partial charge is 0.264 e. The molecule has 0 aliphatic heterocycles. The predicted molar refractivity (Wildman–Crippen MR) is 191 cm³/mol. The van der Waals surface area contributed by atoms with Gasteiger partial charge in [0.25, 0.3) is 10.0 Å². The molecule has 4 aromatic carbocycles. The van der Waals surface area contributed by atoms with E-state index in [1.165, 1.54) is 35.2 Å². The molecule has 1 N–H and O–H groups in total. The second-order valence-corrected chi connectivity index (χ2v) is 15.2. The summed E-state index contributed by atoms with van der Waals surface area (Å²) in [7, 11) is -4.24. The molecule has 246 valence electrons. The Bertz CT molecular complexity index is 1790. The topological polar surface area (TPSA) is 86.8 Å². The maximum absolute atomic E-state index is 14.6. The van der Waals surface area contributed by atoms with Gasteiger partial charge < -0.3 is 10.2 Å². The summed E-state index contributed by atoms with van der Waals surface area (Å²) >= 11 is 16.0. The molecule has 0 radical (unpaired) electrons. The fraction of sp³-hybridized carbons (Fsp3) is 0.278. The number of nitrogens with zero attached hydrogens (tertiary/aromatic N) is 2. The van der Waals surface area contributed by atoms with Gasteiger partial charge in [0.15, 0.2) is 0 Å². The zero-order valence-corrected chi connectivity index (χ0v) is 29.6. The Labute approximate surface area is 295 Å². The van der Waals surface area contributed by atoms with Gasteiger partial charge in [0, 0.05) is 23.5 Å². The Kier molecular flexibility index (Phi) is 12.0. The van der Waals surface area contributed by atoms with Crippen molar-refractivity contribution in [3.8, 4) is 0 Å². The van der Waals surface area contributed by atoms with Crippen molar-refractivity contribution >= 4 is 66.7 Å². The third kappa shape index (κ3) is 9.16. The summed E-state index contributed by atoms with van der Waals surface area (Å²) < 4.78 is 30.1. The Morgan fingerprint density at radius 1 is 0.809 bits per heavy atom. The highest BCUT2D eigenvalue weighted by atomic mass is 79.9.